The van der Waals surface area contributed by atoms with Crippen LogP contribution in [0.4, 0.5) is 4.39 Å². The third kappa shape index (κ3) is 2.41. The zero-order valence-electron chi connectivity index (χ0n) is 11.3. The number of fused-ring (bicyclic) bond motifs is 1. The minimum atomic E-state index is -0.741. The van der Waals surface area contributed by atoms with Gasteiger partial charge >= 0.3 is 0 Å². The summed E-state index contributed by atoms with van der Waals surface area (Å²) in [6.07, 6.45) is 0.274. The van der Waals surface area contributed by atoms with Gasteiger partial charge in [0.25, 0.3) is 0 Å². The highest BCUT2D eigenvalue weighted by atomic mass is 19.1. The molecule has 0 aliphatic heterocycles. The average molecular weight is 272 g/mol. The Morgan fingerprint density at radius 3 is 2.85 bits per heavy atom. The zero-order chi connectivity index (χ0) is 14.1. The Morgan fingerprint density at radius 1 is 1.30 bits per heavy atom. The first-order valence-corrected chi connectivity index (χ1v) is 6.83. The molecule has 0 heterocycles. The maximum atomic E-state index is 13.2. The van der Waals surface area contributed by atoms with Crippen LogP contribution in [0.25, 0.3) is 0 Å². The summed E-state index contributed by atoms with van der Waals surface area (Å²) in [5, 5.41) is 9.68. The molecule has 0 saturated heterocycles. The van der Waals surface area contributed by atoms with Gasteiger partial charge in [0.05, 0.1) is 12.7 Å². The fourth-order valence-corrected chi connectivity index (χ4v) is 2.68. The van der Waals surface area contributed by atoms with Gasteiger partial charge in [-0.05, 0) is 42.7 Å². The number of aliphatic hydroxyl groups is 1. The Hall–Kier alpha value is -1.87. The van der Waals surface area contributed by atoms with Crippen molar-refractivity contribution in [2.75, 3.05) is 6.61 Å². The quantitative estimate of drug-likeness (QED) is 0.921. The highest BCUT2D eigenvalue weighted by molar-refractivity contribution is 5.41. The summed E-state index contributed by atoms with van der Waals surface area (Å²) in [6.45, 7) is 2.17. The summed E-state index contributed by atoms with van der Waals surface area (Å²) in [6, 6.07) is 12.6. The van der Waals surface area contributed by atoms with Gasteiger partial charge < -0.3 is 9.84 Å². The van der Waals surface area contributed by atoms with Crippen molar-refractivity contribution in [2.24, 2.45) is 0 Å². The molecule has 0 saturated carbocycles. The third-order valence-electron chi connectivity index (χ3n) is 3.82. The molecule has 0 spiro atoms. The molecule has 0 amide bonds. The first kappa shape index (κ1) is 13.1. The van der Waals surface area contributed by atoms with E-state index < -0.39 is 6.10 Å². The number of benzene rings is 2. The monoisotopic (exact) mass is 272 g/mol. The van der Waals surface area contributed by atoms with Gasteiger partial charge in [-0.3, -0.25) is 0 Å². The van der Waals surface area contributed by atoms with E-state index in [2.05, 4.69) is 12.1 Å². The Balaban J connectivity index is 1.71. The number of hydrogen-bond acceptors (Lipinski definition) is 2. The average Bonchev–Trinajstić information content (AvgIpc) is 2.41. The van der Waals surface area contributed by atoms with Crippen LogP contribution in [-0.2, 0) is 6.42 Å². The van der Waals surface area contributed by atoms with Crippen molar-refractivity contribution in [2.45, 2.75) is 25.4 Å². The molecule has 0 bridgehead atoms. The molecular formula is C17H17FO2. The predicted octanol–water partition coefficient (Wildman–Crippen LogP) is 3.60. The lowest BCUT2D eigenvalue weighted by molar-refractivity contribution is 0.188. The minimum absolute atomic E-state index is 0.359. The van der Waals surface area contributed by atoms with Crippen LogP contribution in [0.15, 0.2) is 42.5 Å². The van der Waals surface area contributed by atoms with E-state index in [1.165, 1.54) is 23.3 Å². The van der Waals surface area contributed by atoms with Crippen molar-refractivity contribution in [1.82, 2.24) is 0 Å². The number of halogens is 1. The van der Waals surface area contributed by atoms with Gasteiger partial charge in [-0.15, -0.1) is 0 Å². The Kier molecular flexibility index (Phi) is 3.45. The normalized spacial score (nSPS) is 18.1. The first-order chi connectivity index (χ1) is 9.65. The topological polar surface area (TPSA) is 29.5 Å². The maximum Gasteiger partial charge on any atom is 0.125 e. The van der Waals surface area contributed by atoms with Crippen LogP contribution < -0.4 is 4.74 Å². The minimum Gasteiger partial charge on any atom is -0.493 e. The van der Waals surface area contributed by atoms with Gasteiger partial charge in [0.2, 0.25) is 0 Å². The van der Waals surface area contributed by atoms with Gasteiger partial charge in [-0.1, -0.05) is 24.3 Å². The number of hydrogen-bond donors (Lipinski definition) is 1. The molecule has 1 aliphatic rings. The summed E-state index contributed by atoms with van der Waals surface area (Å²) < 4.78 is 19.0. The maximum absolute atomic E-state index is 13.2. The lowest BCUT2D eigenvalue weighted by atomic mass is 9.78. The molecule has 0 aromatic heterocycles. The standard InChI is InChI=1S/C17H17FO2/c1-11(19)16-9-14(18)6-7-17(16)20-10-13-8-12-4-2-3-5-15(12)13/h2-7,9,11,13,19H,8,10H2,1H3/t11-,13?/m1/s1. The molecule has 2 aromatic carbocycles. The van der Waals surface area contributed by atoms with E-state index in [9.17, 15) is 9.50 Å². The molecule has 0 radical (unpaired) electrons. The molecule has 2 atom stereocenters. The fourth-order valence-electron chi connectivity index (χ4n) is 2.68. The summed E-state index contributed by atoms with van der Waals surface area (Å²) in [7, 11) is 0. The molecule has 104 valence electrons. The number of ether oxygens (including phenoxy) is 1. The van der Waals surface area contributed by atoms with Crippen molar-refractivity contribution >= 4 is 0 Å². The molecule has 1 aliphatic carbocycles. The van der Waals surface area contributed by atoms with Gasteiger partial charge in [0, 0.05) is 11.5 Å². The predicted molar refractivity (Wildman–Crippen MR) is 75.4 cm³/mol. The molecule has 2 nitrogen and oxygen atoms in total. The van der Waals surface area contributed by atoms with Crippen molar-refractivity contribution in [3.05, 3.63) is 65.0 Å². The van der Waals surface area contributed by atoms with E-state index in [-0.39, 0.29) is 5.82 Å². The Bertz CT molecular complexity index is 622. The third-order valence-corrected chi connectivity index (χ3v) is 3.82. The van der Waals surface area contributed by atoms with Gasteiger partial charge in [-0.25, -0.2) is 4.39 Å². The van der Waals surface area contributed by atoms with E-state index in [4.69, 9.17) is 4.74 Å². The second kappa shape index (κ2) is 5.25. The van der Waals surface area contributed by atoms with E-state index >= 15 is 0 Å². The summed E-state index contributed by atoms with van der Waals surface area (Å²) in [5.74, 6) is 0.589. The lowest BCUT2D eigenvalue weighted by Gasteiger charge is -2.30. The van der Waals surface area contributed by atoms with Crippen LogP contribution in [0, 0.1) is 5.82 Å². The summed E-state index contributed by atoms with van der Waals surface area (Å²) >= 11 is 0. The first-order valence-electron chi connectivity index (χ1n) is 6.83. The zero-order valence-corrected chi connectivity index (χ0v) is 11.3. The van der Waals surface area contributed by atoms with Crippen molar-refractivity contribution < 1.29 is 14.2 Å². The van der Waals surface area contributed by atoms with E-state index in [0.717, 1.165) is 6.42 Å². The van der Waals surface area contributed by atoms with Crippen LogP contribution in [0.3, 0.4) is 0 Å². The lowest BCUT2D eigenvalue weighted by Crippen LogP contribution is -2.23. The van der Waals surface area contributed by atoms with Crippen LogP contribution >= 0.6 is 0 Å². The van der Waals surface area contributed by atoms with Gasteiger partial charge in [-0.2, -0.15) is 0 Å². The molecule has 20 heavy (non-hydrogen) atoms. The highest BCUT2D eigenvalue weighted by Gasteiger charge is 2.26. The number of aliphatic hydroxyl groups excluding tert-OH is 1. The van der Waals surface area contributed by atoms with Crippen LogP contribution in [0.2, 0.25) is 0 Å². The fraction of sp³-hybridized carbons (Fsp3) is 0.294. The smallest absolute Gasteiger partial charge is 0.125 e. The van der Waals surface area contributed by atoms with Crippen molar-refractivity contribution in [1.29, 1.82) is 0 Å². The van der Waals surface area contributed by atoms with Crippen molar-refractivity contribution in [3.8, 4) is 5.75 Å². The van der Waals surface area contributed by atoms with Crippen molar-refractivity contribution in [3.63, 3.8) is 0 Å². The van der Waals surface area contributed by atoms with Crippen LogP contribution in [0.1, 0.15) is 35.6 Å². The molecule has 0 fully saturated rings. The van der Waals surface area contributed by atoms with Gasteiger partial charge in [0.1, 0.15) is 11.6 Å². The van der Waals surface area contributed by atoms with Gasteiger partial charge in [0.15, 0.2) is 0 Å². The molecule has 3 heteroatoms. The van der Waals surface area contributed by atoms with Crippen LogP contribution in [-0.4, -0.2) is 11.7 Å². The molecule has 2 aromatic rings. The summed E-state index contributed by atoms with van der Waals surface area (Å²) in [5.41, 5.74) is 3.20. The SMILES string of the molecule is C[C@@H](O)c1cc(F)ccc1OCC1Cc2ccccc21. The Labute approximate surface area is 117 Å². The molecular weight excluding hydrogens is 255 g/mol. The second-order valence-corrected chi connectivity index (χ2v) is 5.27. The molecule has 1 unspecified atom stereocenters. The highest BCUT2D eigenvalue weighted by Crippen LogP contribution is 2.36. The summed E-state index contributed by atoms with van der Waals surface area (Å²) in [4.78, 5) is 0. The largest absolute Gasteiger partial charge is 0.493 e. The molecule has 1 N–H and O–H groups in total. The number of rotatable bonds is 4. The van der Waals surface area contributed by atoms with E-state index in [1.54, 1.807) is 13.0 Å². The van der Waals surface area contributed by atoms with E-state index in [1.807, 2.05) is 12.1 Å². The Morgan fingerprint density at radius 2 is 2.10 bits per heavy atom. The second-order valence-electron chi connectivity index (χ2n) is 5.27. The van der Waals surface area contributed by atoms with Crippen LogP contribution in [0.5, 0.6) is 5.75 Å². The molecule has 3 rings (SSSR count). The van der Waals surface area contributed by atoms with E-state index in [0.29, 0.717) is 23.8 Å².